The quantitative estimate of drug-likeness (QED) is 0.904. The molecule has 0 spiro atoms. The third-order valence-corrected chi connectivity index (χ3v) is 5.58. The lowest BCUT2D eigenvalue weighted by Crippen LogP contribution is -2.49. The first-order chi connectivity index (χ1) is 9.27. The molecule has 0 atom stereocenters. The van der Waals surface area contributed by atoms with Crippen molar-refractivity contribution in [2.24, 2.45) is 17.8 Å². The molecule has 0 saturated heterocycles. The number of aromatic nitrogens is 2. The van der Waals surface area contributed by atoms with Crippen LogP contribution in [0.4, 0.5) is 0 Å². The maximum absolute atomic E-state index is 4.88. The van der Waals surface area contributed by atoms with Gasteiger partial charge in [0.2, 0.25) is 0 Å². The summed E-state index contributed by atoms with van der Waals surface area (Å²) < 4.78 is 0. The number of rotatable bonds is 3. The lowest BCUT2D eigenvalue weighted by atomic mass is 9.49. The minimum absolute atomic E-state index is 0.332. The molecular weight excluding hydrogens is 234 g/mol. The third-order valence-electron chi connectivity index (χ3n) is 5.58. The van der Waals surface area contributed by atoms with Gasteiger partial charge in [-0.05, 0) is 69.4 Å². The maximum atomic E-state index is 4.88. The van der Waals surface area contributed by atoms with Crippen LogP contribution in [-0.2, 0) is 12.0 Å². The van der Waals surface area contributed by atoms with E-state index in [9.17, 15) is 0 Å². The van der Waals surface area contributed by atoms with Gasteiger partial charge in [-0.2, -0.15) is 0 Å². The van der Waals surface area contributed by atoms with E-state index in [1.165, 1.54) is 38.5 Å². The van der Waals surface area contributed by atoms with Crippen LogP contribution < -0.4 is 5.32 Å². The molecule has 1 aromatic rings. The van der Waals surface area contributed by atoms with Gasteiger partial charge in [0.15, 0.2) is 0 Å². The number of hydrogen-bond acceptors (Lipinski definition) is 3. The summed E-state index contributed by atoms with van der Waals surface area (Å²) in [6.45, 7) is 0.849. The van der Waals surface area contributed by atoms with Crippen molar-refractivity contribution in [1.29, 1.82) is 0 Å². The molecule has 4 aliphatic rings. The van der Waals surface area contributed by atoms with Gasteiger partial charge >= 0.3 is 0 Å². The Morgan fingerprint density at radius 3 is 2.37 bits per heavy atom. The van der Waals surface area contributed by atoms with Crippen molar-refractivity contribution >= 4 is 0 Å². The Hall–Kier alpha value is -0.960. The summed E-state index contributed by atoms with van der Waals surface area (Å²) in [6.07, 6.45) is 10.5. The van der Waals surface area contributed by atoms with Crippen molar-refractivity contribution in [2.45, 2.75) is 50.5 Å². The topological polar surface area (TPSA) is 37.8 Å². The fourth-order valence-electron chi connectivity index (χ4n) is 5.32. The second kappa shape index (κ2) is 4.27. The van der Waals surface area contributed by atoms with Crippen molar-refractivity contribution in [3.8, 4) is 0 Å². The third kappa shape index (κ3) is 1.90. The molecule has 0 aliphatic heterocycles. The average Bonchev–Trinajstić information content (AvgIpc) is 2.38. The molecule has 4 fully saturated rings. The highest BCUT2D eigenvalue weighted by Gasteiger charge is 2.53. The van der Waals surface area contributed by atoms with Gasteiger partial charge in [-0.3, -0.25) is 0 Å². The molecule has 102 valence electrons. The Morgan fingerprint density at radius 2 is 1.79 bits per heavy atom. The molecule has 19 heavy (non-hydrogen) atoms. The van der Waals surface area contributed by atoms with Crippen molar-refractivity contribution in [3.63, 3.8) is 0 Å². The maximum Gasteiger partial charge on any atom is 0.134 e. The highest BCUT2D eigenvalue weighted by Crippen LogP contribution is 2.60. The summed E-state index contributed by atoms with van der Waals surface area (Å²) in [5.74, 6) is 4.03. The van der Waals surface area contributed by atoms with E-state index in [0.29, 0.717) is 5.41 Å². The largest absolute Gasteiger partial charge is 0.314 e. The van der Waals surface area contributed by atoms with Crippen LogP contribution in [0.5, 0.6) is 0 Å². The molecule has 5 rings (SSSR count). The van der Waals surface area contributed by atoms with Crippen molar-refractivity contribution in [3.05, 3.63) is 23.8 Å². The monoisotopic (exact) mass is 257 g/mol. The smallest absolute Gasteiger partial charge is 0.134 e. The van der Waals surface area contributed by atoms with Gasteiger partial charge in [-0.25, -0.2) is 9.97 Å². The highest BCUT2D eigenvalue weighted by atomic mass is 14.9. The van der Waals surface area contributed by atoms with E-state index in [-0.39, 0.29) is 0 Å². The molecule has 4 saturated carbocycles. The fourth-order valence-corrected chi connectivity index (χ4v) is 5.32. The molecule has 0 amide bonds. The van der Waals surface area contributed by atoms with E-state index >= 15 is 0 Å². The van der Waals surface area contributed by atoms with Crippen LogP contribution in [-0.4, -0.2) is 17.0 Å². The van der Waals surface area contributed by atoms with Gasteiger partial charge in [-0.15, -0.1) is 0 Å². The molecule has 4 aliphatic carbocycles. The zero-order valence-electron chi connectivity index (χ0n) is 11.7. The molecule has 3 heteroatoms. The van der Waals surface area contributed by atoms with E-state index in [0.717, 1.165) is 35.8 Å². The van der Waals surface area contributed by atoms with Gasteiger partial charge in [0.25, 0.3) is 0 Å². The Kier molecular flexibility index (Phi) is 2.66. The standard InChI is InChI=1S/C16H23N3/c1-17-10-14-2-3-18-15(19-14)16-7-11-4-12(8-16)6-13(5-11)9-16/h2-3,11-13,17H,4-10H2,1H3. The average molecular weight is 257 g/mol. The van der Waals surface area contributed by atoms with E-state index in [4.69, 9.17) is 4.98 Å². The molecule has 0 unspecified atom stereocenters. The van der Waals surface area contributed by atoms with Crippen LogP contribution in [0.3, 0.4) is 0 Å². The van der Waals surface area contributed by atoms with Crippen molar-refractivity contribution in [2.75, 3.05) is 7.05 Å². The lowest BCUT2D eigenvalue weighted by Gasteiger charge is -2.56. The van der Waals surface area contributed by atoms with Gasteiger partial charge in [0.1, 0.15) is 5.82 Å². The Morgan fingerprint density at radius 1 is 1.16 bits per heavy atom. The molecular formula is C16H23N3. The molecule has 4 bridgehead atoms. The zero-order valence-corrected chi connectivity index (χ0v) is 11.7. The number of nitrogens with one attached hydrogen (secondary N) is 1. The second-order valence-electron chi connectivity index (χ2n) is 7.10. The summed E-state index contributed by atoms with van der Waals surface area (Å²) in [5, 5.41) is 3.19. The number of hydrogen-bond donors (Lipinski definition) is 1. The predicted molar refractivity (Wildman–Crippen MR) is 74.6 cm³/mol. The first kappa shape index (κ1) is 11.8. The summed E-state index contributed by atoms with van der Waals surface area (Å²) in [6, 6.07) is 2.04. The molecule has 3 nitrogen and oxygen atoms in total. The SMILES string of the molecule is CNCc1ccnc(C23CC4CC(CC(C4)C2)C3)n1. The minimum Gasteiger partial charge on any atom is -0.314 e. The Balaban J connectivity index is 1.69. The summed E-state index contributed by atoms with van der Waals surface area (Å²) in [7, 11) is 1.98. The Bertz CT molecular complexity index is 447. The Labute approximate surface area is 115 Å². The van der Waals surface area contributed by atoms with Crippen molar-refractivity contribution < 1.29 is 0 Å². The van der Waals surface area contributed by atoms with Crippen LogP contribution in [0.15, 0.2) is 12.3 Å². The summed E-state index contributed by atoms with van der Waals surface area (Å²) in [4.78, 5) is 9.55. The highest BCUT2D eigenvalue weighted by molar-refractivity contribution is 5.18. The number of nitrogens with zero attached hydrogens (tertiary/aromatic N) is 2. The summed E-state index contributed by atoms with van der Waals surface area (Å²) >= 11 is 0. The zero-order chi connectivity index (χ0) is 12.9. The van der Waals surface area contributed by atoms with E-state index < -0.39 is 0 Å². The molecule has 0 aromatic carbocycles. The van der Waals surface area contributed by atoms with Gasteiger partial charge in [-0.1, -0.05) is 0 Å². The van der Waals surface area contributed by atoms with E-state index in [1.54, 1.807) is 0 Å². The molecule has 1 N–H and O–H groups in total. The van der Waals surface area contributed by atoms with Crippen molar-refractivity contribution in [1.82, 2.24) is 15.3 Å². The van der Waals surface area contributed by atoms with Crippen LogP contribution >= 0.6 is 0 Å². The normalized spacial score (nSPS) is 39.7. The first-order valence-electron chi connectivity index (χ1n) is 7.74. The molecule has 1 heterocycles. The summed E-state index contributed by atoms with van der Waals surface area (Å²) in [5.41, 5.74) is 1.47. The predicted octanol–water partition coefficient (Wildman–Crippen LogP) is 2.66. The van der Waals surface area contributed by atoms with Crippen LogP contribution in [0.1, 0.15) is 50.0 Å². The van der Waals surface area contributed by atoms with Gasteiger partial charge < -0.3 is 5.32 Å². The first-order valence-corrected chi connectivity index (χ1v) is 7.74. The second-order valence-corrected chi connectivity index (χ2v) is 7.10. The van der Waals surface area contributed by atoms with Gasteiger partial charge in [0.05, 0.1) is 5.69 Å². The van der Waals surface area contributed by atoms with Crippen LogP contribution in [0, 0.1) is 17.8 Å². The van der Waals surface area contributed by atoms with Crippen LogP contribution in [0.2, 0.25) is 0 Å². The van der Waals surface area contributed by atoms with E-state index in [2.05, 4.69) is 10.3 Å². The van der Waals surface area contributed by atoms with E-state index in [1.807, 2.05) is 19.3 Å². The van der Waals surface area contributed by atoms with Gasteiger partial charge in [0, 0.05) is 18.2 Å². The molecule has 0 radical (unpaired) electrons. The fraction of sp³-hybridized carbons (Fsp3) is 0.750. The lowest BCUT2D eigenvalue weighted by molar-refractivity contribution is -0.00950. The molecule has 1 aromatic heterocycles. The minimum atomic E-state index is 0.332. The van der Waals surface area contributed by atoms with Crippen LogP contribution in [0.25, 0.3) is 0 Å².